The molecule has 1 aliphatic rings. The molecule has 2 heterocycles. The molecule has 1 aromatic heterocycles. The monoisotopic (exact) mass is 496 g/mol. The van der Waals surface area contributed by atoms with Crippen LogP contribution in [0, 0.1) is 0 Å². The minimum atomic E-state index is -0.423. The number of ether oxygens (including phenoxy) is 1. The SMILES string of the molecule is CN(C)c1ccc(C(CNC(=O)c2cccc(NC(=O)C3CCCO3)c2)c2c[nH]c3ccccc23)cc1. The molecular formula is C30H32N4O3. The van der Waals surface area contributed by atoms with Gasteiger partial charge >= 0.3 is 0 Å². The molecule has 0 radical (unpaired) electrons. The molecule has 3 aromatic carbocycles. The van der Waals surface area contributed by atoms with Gasteiger partial charge in [0, 0.05) is 67.2 Å². The minimum Gasteiger partial charge on any atom is -0.378 e. The molecule has 7 heteroatoms. The summed E-state index contributed by atoms with van der Waals surface area (Å²) >= 11 is 0. The van der Waals surface area contributed by atoms with E-state index in [1.54, 1.807) is 24.3 Å². The molecule has 4 aromatic rings. The van der Waals surface area contributed by atoms with E-state index in [1.807, 2.05) is 32.4 Å². The molecule has 2 unspecified atom stereocenters. The fraction of sp³-hybridized carbons (Fsp3) is 0.267. The Morgan fingerprint density at radius 2 is 1.86 bits per heavy atom. The summed E-state index contributed by atoms with van der Waals surface area (Å²) in [7, 11) is 4.04. The van der Waals surface area contributed by atoms with E-state index in [0.717, 1.165) is 40.6 Å². The number of nitrogens with zero attached hydrogens (tertiary/aromatic N) is 1. The summed E-state index contributed by atoms with van der Waals surface area (Å²) < 4.78 is 5.46. The normalized spacial score (nSPS) is 15.9. The number of amides is 2. The quantitative estimate of drug-likeness (QED) is 0.323. The van der Waals surface area contributed by atoms with E-state index < -0.39 is 6.10 Å². The van der Waals surface area contributed by atoms with Crippen molar-refractivity contribution >= 4 is 34.1 Å². The first kappa shape index (κ1) is 24.6. The highest BCUT2D eigenvalue weighted by Gasteiger charge is 2.24. The summed E-state index contributed by atoms with van der Waals surface area (Å²) in [5.74, 6) is -0.405. The van der Waals surface area contributed by atoms with Gasteiger partial charge in [-0.2, -0.15) is 0 Å². The van der Waals surface area contributed by atoms with Crippen molar-refractivity contribution in [1.29, 1.82) is 0 Å². The van der Waals surface area contributed by atoms with Crippen molar-refractivity contribution in [2.75, 3.05) is 37.5 Å². The molecule has 0 spiro atoms. The molecule has 0 bridgehead atoms. The van der Waals surface area contributed by atoms with Gasteiger partial charge in [-0.3, -0.25) is 9.59 Å². The Balaban J connectivity index is 1.35. The van der Waals surface area contributed by atoms with Crippen molar-refractivity contribution in [2.24, 2.45) is 0 Å². The Morgan fingerprint density at radius 3 is 2.62 bits per heavy atom. The van der Waals surface area contributed by atoms with Crippen LogP contribution in [0.5, 0.6) is 0 Å². The number of H-pyrrole nitrogens is 1. The number of nitrogens with one attached hydrogen (secondary N) is 3. The summed E-state index contributed by atoms with van der Waals surface area (Å²) in [6.45, 7) is 1.03. The standard InChI is InChI=1S/C30H32N4O3/c1-34(2)23-14-12-20(13-15-23)25(26-19-31-27-10-4-3-9-24(26)27)18-32-29(35)21-7-5-8-22(17-21)33-30(36)28-11-6-16-37-28/h3-5,7-10,12-15,17,19,25,28,31H,6,11,16,18H2,1-2H3,(H,32,35)(H,33,36). The third-order valence-corrected chi connectivity index (χ3v) is 6.89. The second kappa shape index (κ2) is 10.9. The van der Waals surface area contributed by atoms with Gasteiger partial charge in [0.05, 0.1) is 0 Å². The Morgan fingerprint density at radius 1 is 1.05 bits per heavy atom. The second-order valence-corrected chi connectivity index (χ2v) is 9.61. The maximum Gasteiger partial charge on any atom is 0.253 e. The number of benzene rings is 3. The summed E-state index contributed by atoms with van der Waals surface area (Å²) in [5, 5.41) is 7.13. The molecule has 2 amide bonds. The predicted octanol–water partition coefficient (Wildman–Crippen LogP) is 4.91. The van der Waals surface area contributed by atoms with E-state index in [1.165, 1.54) is 0 Å². The number of fused-ring (bicyclic) bond motifs is 1. The van der Waals surface area contributed by atoms with Crippen molar-refractivity contribution in [3.63, 3.8) is 0 Å². The highest BCUT2D eigenvalue weighted by Crippen LogP contribution is 2.31. The lowest BCUT2D eigenvalue weighted by Crippen LogP contribution is -2.29. The molecule has 1 fully saturated rings. The molecule has 1 saturated heterocycles. The Bertz CT molecular complexity index is 1390. The zero-order valence-corrected chi connectivity index (χ0v) is 21.2. The topological polar surface area (TPSA) is 86.5 Å². The number of aromatic amines is 1. The number of carbonyl (C=O) groups excluding carboxylic acids is 2. The average Bonchev–Trinajstić information content (AvgIpc) is 3.60. The lowest BCUT2D eigenvalue weighted by Gasteiger charge is -2.20. The number of aromatic nitrogens is 1. The van der Waals surface area contributed by atoms with Crippen molar-refractivity contribution in [3.05, 3.63) is 95.7 Å². The van der Waals surface area contributed by atoms with Gasteiger partial charge in [0.15, 0.2) is 0 Å². The number of hydrogen-bond acceptors (Lipinski definition) is 4. The first-order chi connectivity index (χ1) is 18.0. The van der Waals surface area contributed by atoms with Crippen LogP contribution in [0.4, 0.5) is 11.4 Å². The zero-order chi connectivity index (χ0) is 25.8. The van der Waals surface area contributed by atoms with E-state index in [0.29, 0.717) is 24.4 Å². The number of hydrogen-bond donors (Lipinski definition) is 3. The summed E-state index contributed by atoms with van der Waals surface area (Å²) in [5.41, 5.74) is 5.51. The fourth-order valence-electron chi connectivity index (χ4n) is 4.84. The Kier molecular flexibility index (Phi) is 7.23. The van der Waals surface area contributed by atoms with Gasteiger partial charge < -0.3 is 25.3 Å². The highest BCUT2D eigenvalue weighted by molar-refractivity contribution is 5.98. The molecule has 5 rings (SSSR count). The van der Waals surface area contributed by atoms with Gasteiger partial charge in [0.2, 0.25) is 0 Å². The van der Waals surface area contributed by atoms with Crippen LogP contribution in [0.15, 0.2) is 79.0 Å². The molecule has 37 heavy (non-hydrogen) atoms. The van der Waals surface area contributed by atoms with Gasteiger partial charge in [-0.25, -0.2) is 0 Å². The lowest BCUT2D eigenvalue weighted by molar-refractivity contribution is -0.124. The molecule has 0 aliphatic carbocycles. The summed E-state index contributed by atoms with van der Waals surface area (Å²) in [4.78, 5) is 31.0. The summed E-state index contributed by atoms with van der Waals surface area (Å²) in [6, 6.07) is 23.6. The van der Waals surface area contributed by atoms with Gasteiger partial charge in [-0.1, -0.05) is 36.4 Å². The fourth-order valence-corrected chi connectivity index (χ4v) is 4.84. The highest BCUT2D eigenvalue weighted by atomic mass is 16.5. The minimum absolute atomic E-state index is 0.0429. The predicted molar refractivity (Wildman–Crippen MR) is 147 cm³/mol. The molecule has 1 aliphatic heterocycles. The van der Waals surface area contributed by atoms with Crippen molar-refractivity contribution in [1.82, 2.24) is 10.3 Å². The number of rotatable bonds is 8. The zero-order valence-electron chi connectivity index (χ0n) is 21.2. The largest absolute Gasteiger partial charge is 0.378 e. The Labute approximate surface area is 216 Å². The maximum absolute atomic E-state index is 13.2. The lowest BCUT2D eigenvalue weighted by atomic mass is 9.90. The second-order valence-electron chi connectivity index (χ2n) is 9.61. The van der Waals surface area contributed by atoms with Gasteiger partial charge in [-0.15, -0.1) is 0 Å². The first-order valence-corrected chi connectivity index (χ1v) is 12.6. The van der Waals surface area contributed by atoms with Crippen molar-refractivity contribution in [2.45, 2.75) is 24.9 Å². The Hall–Kier alpha value is -4.10. The molecule has 3 N–H and O–H groups in total. The van der Waals surface area contributed by atoms with Crippen LogP contribution in [0.1, 0.15) is 40.2 Å². The van der Waals surface area contributed by atoms with Crippen LogP contribution in [0.3, 0.4) is 0 Å². The van der Waals surface area contributed by atoms with Crippen LogP contribution < -0.4 is 15.5 Å². The molecule has 0 saturated carbocycles. The van der Waals surface area contributed by atoms with Crippen LogP contribution in [-0.4, -0.2) is 50.1 Å². The van der Waals surface area contributed by atoms with Gasteiger partial charge in [-0.05, 0) is 60.4 Å². The van der Waals surface area contributed by atoms with E-state index in [4.69, 9.17) is 4.74 Å². The number of anilines is 2. The summed E-state index contributed by atoms with van der Waals surface area (Å²) in [6.07, 6.45) is 3.21. The number of carbonyl (C=O) groups is 2. The van der Waals surface area contributed by atoms with Crippen LogP contribution in [0.25, 0.3) is 10.9 Å². The first-order valence-electron chi connectivity index (χ1n) is 12.6. The van der Waals surface area contributed by atoms with Crippen LogP contribution in [0.2, 0.25) is 0 Å². The smallest absolute Gasteiger partial charge is 0.253 e. The van der Waals surface area contributed by atoms with Crippen molar-refractivity contribution < 1.29 is 14.3 Å². The molecular weight excluding hydrogens is 464 g/mol. The van der Waals surface area contributed by atoms with Gasteiger partial charge in [0.1, 0.15) is 6.10 Å². The third-order valence-electron chi connectivity index (χ3n) is 6.89. The van der Waals surface area contributed by atoms with Crippen LogP contribution >= 0.6 is 0 Å². The molecule has 7 nitrogen and oxygen atoms in total. The van der Waals surface area contributed by atoms with Gasteiger partial charge in [0.25, 0.3) is 11.8 Å². The molecule has 2 atom stereocenters. The van der Waals surface area contributed by atoms with Crippen LogP contribution in [-0.2, 0) is 9.53 Å². The van der Waals surface area contributed by atoms with E-state index in [-0.39, 0.29) is 17.7 Å². The number of para-hydroxylation sites is 1. The van der Waals surface area contributed by atoms with Crippen molar-refractivity contribution in [3.8, 4) is 0 Å². The van der Waals surface area contributed by atoms with E-state index >= 15 is 0 Å². The molecule has 190 valence electrons. The average molecular weight is 497 g/mol. The third kappa shape index (κ3) is 5.52. The maximum atomic E-state index is 13.2. The van der Waals surface area contributed by atoms with E-state index in [9.17, 15) is 9.59 Å². The van der Waals surface area contributed by atoms with E-state index in [2.05, 4.69) is 56.9 Å².